The quantitative estimate of drug-likeness (QED) is 0.518. The first kappa shape index (κ1) is 20.4. The Morgan fingerprint density at radius 3 is 2.53 bits per heavy atom. The molecule has 3 fully saturated rings. The third kappa shape index (κ3) is 2.47. The van der Waals surface area contributed by atoms with Crippen LogP contribution in [0.3, 0.4) is 0 Å². The molecule has 2 aromatic rings. The van der Waals surface area contributed by atoms with Crippen LogP contribution in [0.1, 0.15) is 30.4 Å². The zero-order valence-corrected chi connectivity index (χ0v) is 19.7. The smallest absolute Gasteiger partial charge is 0.323 e. The van der Waals surface area contributed by atoms with E-state index in [2.05, 4.69) is 67.0 Å². The highest BCUT2D eigenvalue weighted by atomic mass is 79.9. The first-order valence-electron chi connectivity index (χ1n) is 11.3. The fraction of sp³-hybridized carbons (Fsp3) is 0.440. The van der Waals surface area contributed by atoms with Gasteiger partial charge in [0.15, 0.2) is 0 Å². The molecule has 2 aromatic carbocycles. The highest BCUT2D eigenvalue weighted by Gasteiger charge is 2.73. The maximum absolute atomic E-state index is 13.2. The molecule has 0 unspecified atom stereocenters. The molecule has 4 heterocycles. The Hall–Kier alpha value is -2.22. The van der Waals surface area contributed by atoms with E-state index >= 15 is 0 Å². The molecule has 0 spiro atoms. The van der Waals surface area contributed by atoms with Crippen LogP contribution < -0.4 is 4.90 Å². The minimum Gasteiger partial charge on any atom is -0.468 e. The molecule has 32 heavy (non-hydrogen) atoms. The summed E-state index contributed by atoms with van der Waals surface area (Å²) in [5, 5.41) is 9.63. The number of carbonyl (C=O) groups is 1. The van der Waals surface area contributed by atoms with Crippen molar-refractivity contribution >= 4 is 33.4 Å². The second-order valence-corrected chi connectivity index (χ2v) is 10.7. The Morgan fingerprint density at radius 1 is 1.12 bits per heavy atom. The summed E-state index contributed by atoms with van der Waals surface area (Å²) in [5.41, 5.74) is 2.71. The van der Waals surface area contributed by atoms with Crippen LogP contribution in [0.2, 0.25) is 0 Å². The topological polar surface area (TPSA) is 59.9 Å². The Bertz CT molecular complexity index is 1090. The van der Waals surface area contributed by atoms with Crippen LogP contribution in [0.25, 0.3) is 0 Å². The molecule has 4 aliphatic rings. The van der Waals surface area contributed by atoms with Gasteiger partial charge in [-0.25, -0.2) is 4.90 Å². The number of alkyl halides is 1. The van der Waals surface area contributed by atoms with Gasteiger partial charge in [0.25, 0.3) is 0 Å². The third-order valence-electron chi connectivity index (χ3n) is 7.80. The van der Waals surface area contributed by atoms with Gasteiger partial charge in [-0.3, -0.25) is 15.1 Å². The molecule has 0 radical (unpaired) electrons. The number of hydrogen-bond donors (Lipinski definition) is 1. The predicted molar refractivity (Wildman–Crippen MR) is 127 cm³/mol. The van der Waals surface area contributed by atoms with Crippen molar-refractivity contribution < 1.29 is 9.53 Å². The number of benzene rings is 2. The van der Waals surface area contributed by atoms with Gasteiger partial charge < -0.3 is 9.64 Å². The molecule has 4 aliphatic heterocycles. The van der Waals surface area contributed by atoms with E-state index in [-0.39, 0.29) is 12.1 Å². The standard InChI is InChI=1S/C25H27BrN4O2/c1-32-21(31)20-16-24(26)18-11-5-6-12-19(18)29-22(27)25(30(20)23(24)29,28-13-7-8-14-28)15-17-9-3-2-4-10-17/h2-6,9-12,20,23,27H,7-8,13-16H2,1H3/t20-,23+,24-,25+/m0/s1. The Morgan fingerprint density at radius 2 is 1.81 bits per heavy atom. The van der Waals surface area contributed by atoms with E-state index in [1.807, 2.05) is 18.2 Å². The fourth-order valence-corrected chi connectivity index (χ4v) is 7.61. The van der Waals surface area contributed by atoms with E-state index in [4.69, 9.17) is 4.74 Å². The minimum absolute atomic E-state index is 0.138. The highest BCUT2D eigenvalue weighted by Crippen LogP contribution is 2.63. The molecular weight excluding hydrogens is 468 g/mol. The number of rotatable bonds is 4. The zero-order chi connectivity index (χ0) is 22.1. The summed E-state index contributed by atoms with van der Waals surface area (Å²) in [6.07, 6.45) is 3.37. The lowest BCUT2D eigenvalue weighted by Gasteiger charge is -2.46. The summed E-state index contributed by atoms with van der Waals surface area (Å²) in [7, 11) is 1.47. The van der Waals surface area contributed by atoms with Crippen LogP contribution >= 0.6 is 15.9 Å². The average molecular weight is 495 g/mol. The summed E-state index contributed by atoms with van der Waals surface area (Å²) >= 11 is 4.10. The summed E-state index contributed by atoms with van der Waals surface area (Å²) in [6.45, 7) is 1.86. The van der Waals surface area contributed by atoms with Crippen LogP contribution in [0.15, 0.2) is 54.6 Å². The molecule has 3 saturated heterocycles. The first-order valence-corrected chi connectivity index (χ1v) is 12.1. The lowest BCUT2D eigenvalue weighted by molar-refractivity contribution is -0.150. The van der Waals surface area contributed by atoms with Crippen LogP contribution in [0.5, 0.6) is 0 Å². The summed E-state index contributed by atoms with van der Waals surface area (Å²) in [5.74, 6) is 0.345. The molecule has 1 N–H and O–H groups in total. The van der Waals surface area contributed by atoms with E-state index in [0.29, 0.717) is 18.7 Å². The lowest BCUT2D eigenvalue weighted by Crippen LogP contribution is -2.65. The summed E-state index contributed by atoms with van der Waals surface area (Å²) in [6, 6.07) is 18.3. The van der Waals surface area contributed by atoms with Crippen molar-refractivity contribution in [2.45, 2.75) is 47.9 Å². The molecule has 7 heteroatoms. The van der Waals surface area contributed by atoms with E-state index < -0.39 is 16.0 Å². The highest BCUT2D eigenvalue weighted by molar-refractivity contribution is 9.09. The van der Waals surface area contributed by atoms with Gasteiger partial charge in [0, 0.05) is 25.2 Å². The molecule has 0 saturated carbocycles. The van der Waals surface area contributed by atoms with Crippen molar-refractivity contribution in [3.63, 3.8) is 0 Å². The van der Waals surface area contributed by atoms with Crippen molar-refractivity contribution in [2.24, 2.45) is 0 Å². The first-order chi connectivity index (χ1) is 15.5. The Kier molecular flexibility index (Phi) is 4.55. The molecule has 0 amide bonds. The van der Waals surface area contributed by atoms with Crippen LogP contribution in [0.4, 0.5) is 5.69 Å². The number of fused-ring (bicyclic) bond motifs is 3. The predicted octanol–water partition coefficient (Wildman–Crippen LogP) is 3.70. The number of para-hydroxylation sites is 1. The van der Waals surface area contributed by atoms with Crippen molar-refractivity contribution in [1.82, 2.24) is 9.80 Å². The van der Waals surface area contributed by atoms with Gasteiger partial charge in [-0.15, -0.1) is 0 Å². The maximum Gasteiger partial charge on any atom is 0.323 e. The fourth-order valence-electron chi connectivity index (χ4n) is 6.54. The molecular formula is C25H27BrN4O2. The molecule has 0 bridgehead atoms. The largest absolute Gasteiger partial charge is 0.468 e. The SMILES string of the molecule is COC(=O)[C@@H]1C[C@]2(Br)c3ccccc3N3C(=N)[C@](Cc4ccccc4)(N4CCCC4)N1[C@@H]32. The van der Waals surface area contributed by atoms with E-state index in [1.165, 1.54) is 12.7 Å². The number of esters is 1. The molecule has 0 aromatic heterocycles. The molecule has 6 nitrogen and oxygen atoms in total. The van der Waals surface area contributed by atoms with E-state index in [9.17, 15) is 10.2 Å². The number of halogens is 1. The van der Waals surface area contributed by atoms with Crippen LogP contribution in [0, 0.1) is 5.41 Å². The van der Waals surface area contributed by atoms with Gasteiger partial charge in [-0.1, -0.05) is 64.5 Å². The zero-order valence-electron chi connectivity index (χ0n) is 18.1. The number of amidine groups is 1. The lowest BCUT2D eigenvalue weighted by atomic mass is 9.94. The summed E-state index contributed by atoms with van der Waals surface area (Å²) in [4.78, 5) is 20.1. The van der Waals surface area contributed by atoms with Crippen LogP contribution in [-0.2, 0) is 20.3 Å². The number of carbonyl (C=O) groups excluding carboxylic acids is 1. The minimum atomic E-state index is -0.690. The van der Waals surface area contributed by atoms with Gasteiger partial charge >= 0.3 is 5.97 Å². The molecule has 4 atom stereocenters. The number of likely N-dealkylation sites (tertiary alicyclic amines) is 1. The monoisotopic (exact) mass is 494 g/mol. The second-order valence-electron chi connectivity index (χ2n) is 9.30. The van der Waals surface area contributed by atoms with Crippen LogP contribution in [-0.4, -0.2) is 59.7 Å². The second kappa shape index (κ2) is 7.14. The third-order valence-corrected chi connectivity index (χ3v) is 8.96. The number of hydrogen-bond acceptors (Lipinski definition) is 5. The molecule has 166 valence electrons. The van der Waals surface area contributed by atoms with E-state index in [0.717, 1.165) is 37.2 Å². The van der Waals surface area contributed by atoms with Crippen molar-refractivity contribution in [1.29, 1.82) is 5.41 Å². The number of methoxy groups -OCH3 is 1. The summed E-state index contributed by atoms with van der Waals surface area (Å²) < 4.78 is 4.89. The van der Waals surface area contributed by atoms with E-state index in [1.54, 1.807) is 0 Å². The van der Waals surface area contributed by atoms with Gasteiger partial charge in [0.2, 0.25) is 0 Å². The van der Waals surface area contributed by atoms with Crippen molar-refractivity contribution in [3.05, 3.63) is 65.7 Å². The van der Waals surface area contributed by atoms with Gasteiger partial charge in [-0.2, -0.15) is 0 Å². The van der Waals surface area contributed by atoms with Gasteiger partial charge in [-0.05, 0) is 36.5 Å². The maximum atomic E-state index is 13.2. The Labute approximate surface area is 196 Å². The normalized spacial score (nSPS) is 33.6. The van der Waals surface area contributed by atoms with Crippen molar-refractivity contribution in [3.8, 4) is 0 Å². The molecule has 0 aliphatic carbocycles. The Balaban J connectivity index is 1.59. The van der Waals surface area contributed by atoms with Gasteiger partial charge in [0.05, 0.1) is 11.4 Å². The van der Waals surface area contributed by atoms with Crippen molar-refractivity contribution in [2.75, 3.05) is 25.1 Å². The number of nitrogens with one attached hydrogen (secondary N) is 1. The number of anilines is 1. The molecule has 6 rings (SSSR count). The number of ether oxygens (including phenoxy) is 1. The number of nitrogens with zero attached hydrogens (tertiary/aromatic N) is 3. The average Bonchev–Trinajstić information content (AvgIpc) is 3.55. The van der Waals surface area contributed by atoms with Gasteiger partial charge in [0.1, 0.15) is 23.7 Å².